The lowest BCUT2D eigenvalue weighted by Gasteiger charge is -2.08. The average Bonchev–Trinajstić information content (AvgIpc) is 2.78. The fourth-order valence-corrected chi connectivity index (χ4v) is 1.72. The maximum Gasteiger partial charge on any atom is 0.408 e. The highest BCUT2D eigenvalue weighted by Crippen LogP contribution is 2.27. The summed E-state index contributed by atoms with van der Waals surface area (Å²) in [5.41, 5.74) is 10.6. The van der Waals surface area contributed by atoms with E-state index in [0.29, 0.717) is 22.5 Å². The molecule has 3 N–H and O–H groups in total. The van der Waals surface area contributed by atoms with E-state index in [1.165, 1.54) is 19.5 Å². The van der Waals surface area contributed by atoms with Crippen molar-refractivity contribution in [2.45, 2.75) is 12.7 Å². The van der Waals surface area contributed by atoms with Crippen molar-refractivity contribution >= 4 is 11.4 Å². The summed E-state index contributed by atoms with van der Waals surface area (Å²) in [5.74, 6) is 0. The molecule has 0 atom stereocenters. The number of halogens is 3. The normalized spacial score (nSPS) is 11.6. The van der Waals surface area contributed by atoms with Crippen LogP contribution in [-0.2, 0) is 11.4 Å². The molecule has 0 aliphatic rings. The van der Waals surface area contributed by atoms with Crippen LogP contribution in [0.4, 0.5) is 24.5 Å². The molecule has 2 aromatic rings. The predicted molar refractivity (Wildman–Crippen MR) is 68.8 cm³/mol. The van der Waals surface area contributed by atoms with Crippen molar-refractivity contribution in [1.29, 1.82) is 0 Å². The Labute approximate surface area is 113 Å². The molecule has 108 valence electrons. The molecule has 0 aliphatic carbocycles. The van der Waals surface area contributed by atoms with E-state index in [-0.39, 0.29) is 0 Å². The van der Waals surface area contributed by atoms with Gasteiger partial charge in [-0.15, -0.1) is 0 Å². The number of anilines is 2. The topological polar surface area (TPSA) is 65.1 Å². The van der Waals surface area contributed by atoms with Crippen molar-refractivity contribution in [2.24, 2.45) is 0 Å². The first-order valence-corrected chi connectivity index (χ1v) is 5.67. The minimum Gasteiger partial charge on any atom is -0.397 e. The average molecular weight is 286 g/mol. The van der Waals surface area contributed by atoms with Gasteiger partial charge in [-0.1, -0.05) is 6.07 Å². The maximum atomic E-state index is 12.3. The Morgan fingerprint density at radius 1 is 1.35 bits per heavy atom. The van der Waals surface area contributed by atoms with Crippen LogP contribution >= 0.6 is 0 Å². The highest BCUT2D eigenvalue weighted by Gasteiger charge is 2.28. The molecule has 0 aliphatic heterocycles. The summed E-state index contributed by atoms with van der Waals surface area (Å²) in [7, 11) is 1.44. The molecule has 0 unspecified atom stereocenters. The number of hydrogen-bond acceptors (Lipinski definition) is 4. The molecule has 8 heteroatoms. The van der Waals surface area contributed by atoms with E-state index in [0.717, 1.165) is 4.68 Å². The number of nitrogen functional groups attached to an aromatic ring is 1. The Morgan fingerprint density at radius 2 is 2.10 bits per heavy atom. The smallest absolute Gasteiger partial charge is 0.397 e. The first kappa shape index (κ1) is 14.2. The van der Waals surface area contributed by atoms with Gasteiger partial charge >= 0.3 is 6.18 Å². The van der Waals surface area contributed by atoms with E-state index in [2.05, 4.69) is 10.6 Å². The van der Waals surface area contributed by atoms with Gasteiger partial charge in [0.15, 0.2) is 0 Å². The molecule has 0 amide bonds. The Balaban J connectivity index is 2.26. The Hall–Kier alpha value is -2.22. The first-order valence-electron chi connectivity index (χ1n) is 5.67. The molecule has 1 aromatic heterocycles. The molecular weight excluding hydrogens is 273 g/mol. The molecule has 0 saturated heterocycles. The Morgan fingerprint density at radius 3 is 2.75 bits per heavy atom. The molecule has 0 spiro atoms. The number of aromatic nitrogens is 2. The quantitative estimate of drug-likeness (QED) is 0.670. The van der Waals surface area contributed by atoms with Gasteiger partial charge in [0.25, 0.3) is 0 Å². The van der Waals surface area contributed by atoms with Crippen molar-refractivity contribution < 1.29 is 18.0 Å². The van der Waals surface area contributed by atoms with Crippen molar-refractivity contribution in [3.63, 3.8) is 0 Å². The minimum absolute atomic E-state index is 0.471. The molecule has 0 fully saturated rings. The van der Waals surface area contributed by atoms with E-state index < -0.39 is 12.7 Å². The van der Waals surface area contributed by atoms with E-state index in [4.69, 9.17) is 10.6 Å². The van der Waals surface area contributed by atoms with Crippen LogP contribution in [0, 0.1) is 0 Å². The molecule has 1 aromatic carbocycles. The minimum atomic E-state index is -4.30. The Bertz CT molecular complexity index is 595. The number of hydrogen-bond donors (Lipinski definition) is 2. The highest BCUT2D eigenvalue weighted by atomic mass is 19.4. The monoisotopic (exact) mass is 286 g/mol. The molecule has 5 nitrogen and oxygen atoms in total. The third kappa shape index (κ3) is 3.41. The lowest BCUT2D eigenvalue weighted by molar-refractivity contribution is -0.142. The summed E-state index contributed by atoms with van der Waals surface area (Å²) in [4.78, 5) is 4.77. The van der Waals surface area contributed by atoms with E-state index >= 15 is 0 Å². The molecule has 0 saturated carbocycles. The summed E-state index contributed by atoms with van der Waals surface area (Å²) < 4.78 is 37.6. The van der Waals surface area contributed by atoms with E-state index in [9.17, 15) is 13.2 Å². The molecule has 1 heterocycles. The zero-order valence-electron chi connectivity index (χ0n) is 10.6. The zero-order chi connectivity index (χ0) is 14.8. The van der Waals surface area contributed by atoms with Crippen LogP contribution in [0.25, 0.3) is 11.1 Å². The zero-order valence-corrected chi connectivity index (χ0v) is 10.6. The first-order chi connectivity index (χ1) is 9.39. The van der Waals surface area contributed by atoms with Gasteiger partial charge in [0.05, 0.1) is 24.7 Å². The van der Waals surface area contributed by atoms with Crippen LogP contribution in [0.15, 0.2) is 30.6 Å². The second-order valence-corrected chi connectivity index (χ2v) is 4.15. The van der Waals surface area contributed by atoms with Gasteiger partial charge in [-0.05, 0) is 17.7 Å². The third-order valence-corrected chi connectivity index (χ3v) is 2.57. The molecule has 0 bridgehead atoms. The second kappa shape index (κ2) is 5.41. The lowest BCUT2D eigenvalue weighted by Crippen LogP contribution is -2.17. The van der Waals surface area contributed by atoms with Crippen molar-refractivity contribution in [3.8, 4) is 11.1 Å². The summed E-state index contributed by atoms with van der Waals surface area (Å²) in [6.07, 6.45) is -1.60. The highest BCUT2D eigenvalue weighted by molar-refractivity contribution is 5.75. The third-order valence-electron chi connectivity index (χ3n) is 2.57. The van der Waals surface area contributed by atoms with Crippen LogP contribution in [0.2, 0.25) is 0 Å². The molecular formula is C12H13F3N4O. The van der Waals surface area contributed by atoms with Gasteiger partial charge in [-0.2, -0.15) is 18.3 Å². The van der Waals surface area contributed by atoms with Gasteiger partial charge in [0, 0.05) is 11.8 Å². The molecule has 0 radical (unpaired) electrons. The van der Waals surface area contributed by atoms with Crippen LogP contribution < -0.4 is 11.2 Å². The van der Waals surface area contributed by atoms with Gasteiger partial charge in [-0.3, -0.25) is 15.0 Å². The maximum absolute atomic E-state index is 12.3. The SMILES string of the molecule is CONc1cc(-c2cnn(CC(F)(F)F)c2)ccc1N. The van der Waals surface area contributed by atoms with Crippen LogP contribution in [0.5, 0.6) is 0 Å². The van der Waals surface area contributed by atoms with Crippen LogP contribution in [0.3, 0.4) is 0 Å². The number of benzene rings is 1. The number of nitrogens with one attached hydrogen (secondary N) is 1. The number of nitrogens with zero attached hydrogens (tertiary/aromatic N) is 2. The van der Waals surface area contributed by atoms with Crippen molar-refractivity contribution in [1.82, 2.24) is 9.78 Å². The fourth-order valence-electron chi connectivity index (χ4n) is 1.72. The number of rotatable bonds is 4. The van der Waals surface area contributed by atoms with Crippen LogP contribution in [-0.4, -0.2) is 23.1 Å². The van der Waals surface area contributed by atoms with Gasteiger partial charge in [0.1, 0.15) is 6.54 Å². The summed E-state index contributed by atoms with van der Waals surface area (Å²) in [5, 5.41) is 3.69. The molecule has 2 rings (SSSR count). The van der Waals surface area contributed by atoms with Crippen molar-refractivity contribution in [3.05, 3.63) is 30.6 Å². The van der Waals surface area contributed by atoms with Gasteiger partial charge in [0.2, 0.25) is 0 Å². The second-order valence-electron chi connectivity index (χ2n) is 4.15. The van der Waals surface area contributed by atoms with E-state index in [1.807, 2.05) is 0 Å². The Kier molecular flexibility index (Phi) is 3.84. The molecule has 20 heavy (non-hydrogen) atoms. The van der Waals surface area contributed by atoms with E-state index in [1.54, 1.807) is 18.2 Å². The summed E-state index contributed by atoms with van der Waals surface area (Å²) in [6, 6.07) is 5.01. The standard InChI is InChI=1S/C12H13F3N4O/c1-20-18-11-4-8(2-3-10(11)16)9-5-17-19(6-9)7-12(13,14)15/h2-6,18H,7,16H2,1H3. The summed E-state index contributed by atoms with van der Waals surface area (Å²) in [6.45, 7) is -1.12. The van der Waals surface area contributed by atoms with Crippen LogP contribution in [0.1, 0.15) is 0 Å². The fraction of sp³-hybridized carbons (Fsp3) is 0.250. The largest absolute Gasteiger partial charge is 0.408 e. The van der Waals surface area contributed by atoms with Gasteiger partial charge < -0.3 is 5.73 Å². The predicted octanol–water partition coefficient (Wildman–Crippen LogP) is 2.67. The lowest BCUT2D eigenvalue weighted by atomic mass is 10.1. The summed E-state index contributed by atoms with van der Waals surface area (Å²) >= 11 is 0. The van der Waals surface area contributed by atoms with Gasteiger partial charge in [-0.25, -0.2) is 0 Å². The number of nitrogens with two attached hydrogens (primary N) is 1. The number of alkyl halides is 3. The van der Waals surface area contributed by atoms with Crippen molar-refractivity contribution in [2.75, 3.05) is 18.3 Å².